The minimum atomic E-state index is 0.0126. The lowest BCUT2D eigenvalue weighted by molar-refractivity contribution is -0.0342. The molecule has 0 aromatic carbocycles. The number of anilines is 1. The predicted molar refractivity (Wildman–Crippen MR) is 86.6 cm³/mol. The van der Waals surface area contributed by atoms with E-state index in [0.717, 1.165) is 55.9 Å². The van der Waals surface area contributed by atoms with Crippen molar-refractivity contribution in [2.24, 2.45) is 0 Å². The molecule has 0 aliphatic carbocycles. The molecule has 21 heavy (non-hydrogen) atoms. The van der Waals surface area contributed by atoms with Gasteiger partial charge in [0.15, 0.2) is 5.82 Å². The molecule has 5 nitrogen and oxygen atoms in total. The maximum atomic E-state index is 5.93. The Bertz CT molecular complexity index is 495. The van der Waals surface area contributed by atoms with Gasteiger partial charge >= 0.3 is 0 Å². The van der Waals surface area contributed by atoms with Gasteiger partial charge in [-0.25, -0.2) is 9.97 Å². The summed E-state index contributed by atoms with van der Waals surface area (Å²) in [6.07, 6.45) is 1.19. The Morgan fingerprint density at radius 3 is 3.05 bits per heavy atom. The Morgan fingerprint density at radius 1 is 1.33 bits per heavy atom. The molecule has 1 aromatic heterocycles. The van der Waals surface area contributed by atoms with Crippen molar-refractivity contribution in [3.8, 4) is 0 Å². The summed E-state index contributed by atoms with van der Waals surface area (Å²) >= 11 is 1.91. The quantitative estimate of drug-likeness (QED) is 0.901. The highest BCUT2D eigenvalue weighted by Crippen LogP contribution is 2.34. The third-order valence-electron chi connectivity index (χ3n) is 3.92. The molecule has 3 heterocycles. The van der Waals surface area contributed by atoms with E-state index in [1.807, 2.05) is 11.8 Å². The van der Waals surface area contributed by atoms with Crippen molar-refractivity contribution in [3.05, 3.63) is 17.1 Å². The molecular weight excluding hydrogens is 284 g/mol. The third-order valence-corrected chi connectivity index (χ3v) is 4.89. The molecule has 1 N–H and O–H groups in total. The summed E-state index contributed by atoms with van der Waals surface area (Å²) in [5.41, 5.74) is 2.48. The van der Waals surface area contributed by atoms with Crippen molar-refractivity contribution in [3.63, 3.8) is 0 Å². The smallest absolute Gasteiger partial charge is 0.161 e. The fourth-order valence-electron chi connectivity index (χ4n) is 2.91. The Hall–Kier alpha value is -0.850. The molecule has 1 atom stereocenters. The molecule has 2 aliphatic heterocycles. The highest BCUT2D eigenvalue weighted by atomic mass is 32.2. The Kier molecular flexibility index (Phi) is 4.98. The first-order chi connectivity index (χ1) is 10.3. The lowest BCUT2D eigenvalue weighted by atomic mass is 10.2. The van der Waals surface area contributed by atoms with Crippen LogP contribution in [-0.4, -0.2) is 47.7 Å². The van der Waals surface area contributed by atoms with E-state index in [1.54, 1.807) is 0 Å². The van der Waals surface area contributed by atoms with Gasteiger partial charge in [0.2, 0.25) is 0 Å². The molecule has 1 unspecified atom stereocenters. The van der Waals surface area contributed by atoms with Crippen LogP contribution < -0.4 is 5.32 Å². The van der Waals surface area contributed by atoms with Crippen molar-refractivity contribution >= 4 is 17.6 Å². The molecular formula is C15H24N4OS. The van der Waals surface area contributed by atoms with Crippen LogP contribution in [0.5, 0.6) is 0 Å². The number of nitrogens with one attached hydrogen (secondary N) is 1. The van der Waals surface area contributed by atoms with Crippen molar-refractivity contribution in [1.29, 1.82) is 0 Å². The van der Waals surface area contributed by atoms with Crippen LogP contribution >= 0.6 is 11.8 Å². The first-order valence-corrected chi connectivity index (χ1v) is 9.02. The van der Waals surface area contributed by atoms with Crippen LogP contribution in [-0.2, 0) is 16.2 Å². The molecule has 3 rings (SSSR count). The summed E-state index contributed by atoms with van der Waals surface area (Å²) in [6.45, 7) is 9.04. The second kappa shape index (κ2) is 6.94. The monoisotopic (exact) mass is 308 g/mol. The third kappa shape index (κ3) is 3.33. The fourth-order valence-corrected chi connectivity index (χ4v) is 3.95. The van der Waals surface area contributed by atoms with E-state index in [2.05, 4.69) is 24.1 Å². The molecule has 0 amide bonds. The molecule has 0 bridgehead atoms. The van der Waals surface area contributed by atoms with Crippen molar-refractivity contribution in [1.82, 2.24) is 14.9 Å². The van der Waals surface area contributed by atoms with Gasteiger partial charge in [0.05, 0.1) is 12.3 Å². The Balaban J connectivity index is 1.83. The SMILES string of the molecule is CCCN1CCOC(c2nc3c(c(NCC)n2)CSC3)C1. The fraction of sp³-hybridized carbons (Fsp3) is 0.733. The second-order valence-electron chi connectivity index (χ2n) is 5.54. The van der Waals surface area contributed by atoms with E-state index in [1.165, 1.54) is 17.7 Å². The molecule has 1 fully saturated rings. The number of aromatic nitrogens is 2. The molecule has 0 spiro atoms. The molecule has 1 aromatic rings. The first-order valence-electron chi connectivity index (χ1n) is 7.87. The summed E-state index contributed by atoms with van der Waals surface area (Å²) < 4.78 is 5.93. The van der Waals surface area contributed by atoms with Crippen LogP contribution in [0.2, 0.25) is 0 Å². The topological polar surface area (TPSA) is 50.3 Å². The van der Waals surface area contributed by atoms with Gasteiger partial charge in [0, 0.05) is 36.7 Å². The van der Waals surface area contributed by atoms with E-state index in [9.17, 15) is 0 Å². The maximum absolute atomic E-state index is 5.93. The summed E-state index contributed by atoms with van der Waals surface area (Å²) in [5.74, 6) is 3.88. The van der Waals surface area contributed by atoms with Gasteiger partial charge in [0.25, 0.3) is 0 Å². The van der Waals surface area contributed by atoms with Gasteiger partial charge in [-0.05, 0) is 19.9 Å². The van der Waals surface area contributed by atoms with Gasteiger partial charge in [-0.2, -0.15) is 11.8 Å². The minimum Gasteiger partial charge on any atom is -0.370 e. The van der Waals surface area contributed by atoms with Crippen LogP contribution in [0.1, 0.15) is 43.5 Å². The number of nitrogens with zero attached hydrogens (tertiary/aromatic N) is 3. The van der Waals surface area contributed by atoms with E-state index < -0.39 is 0 Å². The number of ether oxygens (including phenoxy) is 1. The zero-order valence-corrected chi connectivity index (χ0v) is 13.7. The summed E-state index contributed by atoms with van der Waals surface area (Å²) in [7, 11) is 0. The lowest BCUT2D eigenvalue weighted by Gasteiger charge is -2.32. The zero-order chi connectivity index (χ0) is 14.7. The van der Waals surface area contributed by atoms with E-state index >= 15 is 0 Å². The normalized spacial score (nSPS) is 22.3. The maximum Gasteiger partial charge on any atom is 0.161 e. The van der Waals surface area contributed by atoms with Gasteiger partial charge in [0.1, 0.15) is 11.9 Å². The van der Waals surface area contributed by atoms with Crippen LogP contribution in [0.4, 0.5) is 5.82 Å². The largest absolute Gasteiger partial charge is 0.370 e. The van der Waals surface area contributed by atoms with Crippen molar-refractivity contribution in [2.45, 2.75) is 37.9 Å². The minimum absolute atomic E-state index is 0.0126. The van der Waals surface area contributed by atoms with Crippen molar-refractivity contribution < 1.29 is 4.74 Å². The van der Waals surface area contributed by atoms with Crippen LogP contribution in [0, 0.1) is 0 Å². The summed E-state index contributed by atoms with van der Waals surface area (Å²) in [4.78, 5) is 12.0. The average Bonchev–Trinajstić information content (AvgIpc) is 2.97. The average molecular weight is 308 g/mol. The molecule has 0 saturated carbocycles. The number of hydrogen-bond donors (Lipinski definition) is 1. The highest BCUT2D eigenvalue weighted by Gasteiger charge is 2.27. The number of hydrogen-bond acceptors (Lipinski definition) is 6. The first kappa shape index (κ1) is 15.1. The Morgan fingerprint density at radius 2 is 2.24 bits per heavy atom. The van der Waals surface area contributed by atoms with Gasteiger partial charge in [-0.1, -0.05) is 6.92 Å². The molecule has 6 heteroatoms. The summed E-state index contributed by atoms with van der Waals surface area (Å²) in [5, 5.41) is 3.39. The number of rotatable bonds is 5. The number of fused-ring (bicyclic) bond motifs is 1. The van der Waals surface area contributed by atoms with Crippen LogP contribution in [0.25, 0.3) is 0 Å². The Labute approximate surface area is 130 Å². The standard InChI is InChI=1S/C15H24N4OS/c1-3-5-19-6-7-20-13(8-19)15-17-12-10-21-9-11(12)14(18-15)16-4-2/h13H,3-10H2,1-2H3,(H,16,17,18). The van der Waals surface area contributed by atoms with Gasteiger partial charge < -0.3 is 10.1 Å². The molecule has 0 radical (unpaired) electrons. The highest BCUT2D eigenvalue weighted by molar-refractivity contribution is 7.98. The predicted octanol–water partition coefficient (Wildman–Crippen LogP) is 2.44. The van der Waals surface area contributed by atoms with Crippen molar-refractivity contribution in [2.75, 3.05) is 38.1 Å². The lowest BCUT2D eigenvalue weighted by Crippen LogP contribution is -2.39. The van der Waals surface area contributed by atoms with E-state index in [4.69, 9.17) is 14.7 Å². The molecule has 2 aliphatic rings. The van der Waals surface area contributed by atoms with Crippen LogP contribution in [0.3, 0.4) is 0 Å². The molecule has 1 saturated heterocycles. The van der Waals surface area contributed by atoms with Crippen LogP contribution in [0.15, 0.2) is 0 Å². The van der Waals surface area contributed by atoms with Gasteiger partial charge in [-0.15, -0.1) is 0 Å². The second-order valence-corrected chi connectivity index (χ2v) is 6.52. The summed E-state index contributed by atoms with van der Waals surface area (Å²) in [6, 6.07) is 0. The van der Waals surface area contributed by atoms with E-state index in [0.29, 0.717) is 0 Å². The number of morpholine rings is 1. The molecule has 116 valence electrons. The zero-order valence-electron chi connectivity index (χ0n) is 12.9. The number of thioether (sulfide) groups is 1. The van der Waals surface area contributed by atoms with E-state index in [-0.39, 0.29) is 6.10 Å². The van der Waals surface area contributed by atoms with Gasteiger partial charge in [-0.3, -0.25) is 4.90 Å².